The summed E-state index contributed by atoms with van der Waals surface area (Å²) in [5.41, 5.74) is -3.99. The van der Waals surface area contributed by atoms with Crippen LogP contribution >= 0.6 is 0 Å². The van der Waals surface area contributed by atoms with E-state index in [4.69, 9.17) is 9.15 Å². The minimum absolute atomic E-state index is 0.0283. The van der Waals surface area contributed by atoms with Crippen LogP contribution < -0.4 is 10.4 Å². The fourth-order valence-corrected chi connectivity index (χ4v) is 2.60. The predicted molar refractivity (Wildman–Crippen MR) is 65.9 cm³/mol. The number of alkyl halides is 3. The van der Waals surface area contributed by atoms with Crippen molar-refractivity contribution in [2.24, 2.45) is 0 Å². The quantitative estimate of drug-likeness (QED) is 0.549. The standard InChI is InChI=1S/C14H10F4O3/c1-6-9-7-4-3-5-8(15)10(7)20-12(19)11(9)21-13(6,2)14(16,17)18/h3-6H,1-2H3/t6-,13?/m1/s1. The first-order valence-corrected chi connectivity index (χ1v) is 6.18. The van der Waals surface area contributed by atoms with Crippen LogP contribution in [0.4, 0.5) is 17.6 Å². The molecule has 1 aliphatic heterocycles. The molecule has 0 amide bonds. The van der Waals surface area contributed by atoms with Crippen molar-refractivity contribution >= 4 is 11.0 Å². The van der Waals surface area contributed by atoms with E-state index in [-0.39, 0.29) is 16.5 Å². The van der Waals surface area contributed by atoms with Gasteiger partial charge >= 0.3 is 11.8 Å². The molecule has 3 rings (SSSR count). The smallest absolute Gasteiger partial charge is 0.428 e. The molecule has 21 heavy (non-hydrogen) atoms. The molecule has 0 N–H and O–H groups in total. The molecule has 2 heterocycles. The highest BCUT2D eigenvalue weighted by Crippen LogP contribution is 2.52. The number of fused-ring (bicyclic) bond motifs is 3. The van der Waals surface area contributed by atoms with Crippen LogP contribution in [0.1, 0.15) is 25.3 Å². The number of ether oxygens (including phenoxy) is 1. The predicted octanol–water partition coefficient (Wildman–Crippen LogP) is 3.75. The molecule has 112 valence electrons. The zero-order valence-corrected chi connectivity index (χ0v) is 11.0. The monoisotopic (exact) mass is 302 g/mol. The second kappa shape index (κ2) is 3.99. The van der Waals surface area contributed by atoms with Crippen LogP contribution in [-0.4, -0.2) is 11.8 Å². The summed E-state index contributed by atoms with van der Waals surface area (Å²) in [6.45, 7) is 2.16. The lowest BCUT2D eigenvalue weighted by molar-refractivity contribution is -0.241. The van der Waals surface area contributed by atoms with Crippen molar-refractivity contribution in [3.63, 3.8) is 0 Å². The highest BCUT2D eigenvalue weighted by molar-refractivity contribution is 5.84. The van der Waals surface area contributed by atoms with E-state index in [1.165, 1.54) is 19.1 Å². The van der Waals surface area contributed by atoms with Crippen molar-refractivity contribution in [3.05, 3.63) is 40.0 Å². The van der Waals surface area contributed by atoms with Gasteiger partial charge in [0.1, 0.15) is 0 Å². The zero-order chi connectivity index (χ0) is 15.6. The maximum absolute atomic E-state index is 13.7. The van der Waals surface area contributed by atoms with Crippen LogP contribution in [0, 0.1) is 5.82 Å². The van der Waals surface area contributed by atoms with E-state index in [1.54, 1.807) is 0 Å². The van der Waals surface area contributed by atoms with E-state index < -0.39 is 34.9 Å². The van der Waals surface area contributed by atoms with Crippen molar-refractivity contribution in [1.82, 2.24) is 0 Å². The van der Waals surface area contributed by atoms with E-state index in [2.05, 4.69) is 0 Å². The lowest BCUT2D eigenvalue weighted by atomic mass is 9.85. The molecule has 1 aromatic heterocycles. The third-order valence-corrected chi connectivity index (χ3v) is 4.02. The number of hydrogen-bond donors (Lipinski definition) is 0. The second-order valence-corrected chi connectivity index (χ2v) is 5.18. The second-order valence-electron chi connectivity index (χ2n) is 5.18. The number of halogens is 4. The summed E-state index contributed by atoms with van der Waals surface area (Å²) >= 11 is 0. The molecule has 7 heteroatoms. The highest BCUT2D eigenvalue weighted by Gasteiger charge is 2.62. The molecule has 0 spiro atoms. The SMILES string of the molecule is C[C@@H]1c2c(c(=O)oc3c(F)cccc23)OC1(C)C(F)(F)F. The molecule has 0 aliphatic carbocycles. The number of rotatable bonds is 0. The fraction of sp³-hybridized carbons (Fsp3) is 0.357. The Morgan fingerprint density at radius 3 is 2.57 bits per heavy atom. The van der Waals surface area contributed by atoms with Gasteiger partial charge in [0.15, 0.2) is 11.4 Å². The molecule has 1 unspecified atom stereocenters. The van der Waals surface area contributed by atoms with Crippen LogP contribution in [0.3, 0.4) is 0 Å². The van der Waals surface area contributed by atoms with Crippen LogP contribution in [0.2, 0.25) is 0 Å². The van der Waals surface area contributed by atoms with Crippen molar-refractivity contribution in [2.45, 2.75) is 31.5 Å². The molecule has 2 atom stereocenters. The molecule has 2 aromatic rings. The van der Waals surface area contributed by atoms with Crippen LogP contribution in [-0.2, 0) is 0 Å². The van der Waals surface area contributed by atoms with E-state index in [0.29, 0.717) is 0 Å². The Morgan fingerprint density at radius 1 is 1.29 bits per heavy atom. The van der Waals surface area contributed by atoms with Crippen molar-refractivity contribution in [3.8, 4) is 5.75 Å². The third-order valence-electron chi connectivity index (χ3n) is 4.02. The first kappa shape index (κ1) is 13.9. The Morgan fingerprint density at radius 2 is 1.95 bits per heavy atom. The Bertz CT molecular complexity index is 793. The average Bonchev–Trinajstić information content (AvgIpc) is 2.66. The minimum atomic E-state index is -4.68. The van der Waals surface area contributed by atoms with E-state index in [1.807, 2.05) is 0 Å². The Hall–Kier alpha value is -2.05. The first-order valence-electron chi connectivity index (χ1n) is 6.18. The first-order chi connectivity index (χ1) is 9.67. The van der Waals surface area contributed by atoms with E-state index in [9.17, 15) is 22.4 Å². The van der Waals surface area contributed by atoms with Gasteiger partial charge in [-0.15, -0.1) is 0 Å². The van der Waals surface area contributed by atoms with Gasteiger partial charge in [0, 0.05) is 16.9 Å². The molecule has 0 radical (unpaired) electrons. The maximum Gasteiger partial charge on any atom is 0.428 e. The summed E-state index contributed by atoms with van der Waals surface area (Å²) in [7, 11) is 0. The largest absolute Gasteiger partial charge is 0.470 e. The van der Waals surface area contributed by atoms with Crippen molar-refractivity contribution < 1.29 is 26.7 Å². The molecule has 1 aliphatic rings. The zero-order valence-electron chi connectivity index (χ0n) is 11.0. The number of hydrogen-bond acceptors (Lipinski definition) is 3. The Labute approximate surface area is 116 Å². The van der Waals surface area contributed by atoms with Gasteiger partial charge in [0.2, 0.25) is 11.4 Å². The number of benzene rings is 1. The van der Waals surface area contributed by atoms with Crippen LogP contribution in [0.15, 0.2) is 27.4 Å². The van der Waals surface area contributed by atoms with Crippen molar-refractivity contribution in [2.75, 3.05) is 0 Å². The average molecular weight is 302 g/mol. The summed E-state index contributed by atoms with van der Waals surface area (Å²) in [5.74, 6) is -2.47. The van der Waals surface area contributed by atoms with E-state index in [0.717, 1.165) is 13.0 Å². The minimum Gasteiger partial charge on any atom is -0.470 e. The molecule has 0 saturated heterocycles. The summed E-state index contributed by atoms with van der Waals surface area (Å²) < 4.78 is 63.1. The lowest BCUT2D eigenvalue weighted by Crippen LogP contribution is -2.48. The van der Waals surface area contributed by atoms with Crippen molar-refractivity contribution in [1.29, 1.82) is 0 Å². The van der Waals surface area contributed by atoms with Gasteiger partial charge in [-0.3, -0.25) is 0 Å². The highest BCUT2D eigenvalue weighted by atomic mass is 19.4. The molecule has 0 saturated carbocycles. The molecular formula is C14H10F4O3. The van der Waals surface area contributed by atoms with Crippen LogP contribution in [0.25, 0.3) is 11.0 Å². The topological polar surface area (TPSA) is 39.4 Å². The van der Waals surface area contributed by atoms with Crippen LogP contribution in [0.5, 0.6) is 5.75 Å². The molecule has 1 aromatic carbocycles. The van der Waals surface area contributed by atoms with Gasteiger partial charge in [-0.05, 0) is 13.0 Å². The van der Waals surface area contributed by atoms with E-state index >= 15 is 0 Å². The Balaban J connectivity index is 2.37. The molecular weight excluding hydrogens is 292 g/mol. The number of para-hydroxylation sites is 1. The van der Waals surface area contributed by atoms with Gasteiger partial charge in [0.05, 0.1) is 0 Å². The summed E-state index contributed by atoms with van der Waals surface area (Å²) in [5, 5.41) is 0.116. The third kappa shape index (κ3) is 1.69. The normalized spacial score (nSPS) is 25.0. The fourth-order valence-electron chi connectivity index (χ4n) is 2.60. The summed E-state index contributed by atoms with van der Waals surface area (Å²) in [6, 6.07) is 3.82. The lowest BCUT2D eigenvalue weighted by Gasteiger charge is -2.30. The van der Waals surface area contributed by atoms with Gasteiger partial charge < -0.3 is 9.15 Å². The molecule has 0 fully saturated rings. The maximum atomic E-state index is 13.7. The summed E-state index contributed by atoms with van der Waals surface area (Å²) in [6.07, 6.45) is -4.68. The summed E-state index contributed by atoms with van der Waals surface area (Å²) in [4.78, 5) is 11.8. The van der Waals surface area contributed by atoms with Gasteiger partial charge in [-0.2, -0.15) is 13.2 Å². The molecule has 0 bridgehead atoms. The van der Waals surface area contributed by atoms with Gasteiger partial charge in [0.25, 0.3) is 0 Å². The van der Waals surface area contributed by atoms with Gasteiger partial charge in [-0.25, -0.2) is 9.18 Å². The molecule has 3 nitrogen and oxygen atoms in total. The Kier molecular flexibility index (Phi) is 2.64. The van der Waals surface area contributed by atoms with Gasteiger partial charge in [-0.1, -0.05) is 19.1 Å².